The minimum absolute atomic E-state index is 0.0604. The Hall–Kier alpha value is -3.21. The van der Waals surface area contributed by atoms with Gasteiger partial charge in [0.05, 0.1) is 5.27 Å². The van der Waals surface area contributed by atoms with E-state index in [-0.39, 0.29) is 28.9 Å². The third-order valence-corrected chi connectivity index (χ3v) is 4.53. The monoisotopic (exact) mass is 425 g/mol. The Balaban J connectivity index is 1.53. The number of nitrogens with zero attached hydrogens (tertiary/aromatic N) is 2. The molecule has 1 heterocycles. The fraction of sp³-hybridized carbons (Fsp3) is 0.167. The third-order valence-electron chi connectivity index (χ3n) is 3.51. The van der Waals surface area contributed by atoms with Gasteiger partial charge in [0.2, 0.25) is 11.6 Å². The Labute approximate surface area is 167 Å². The van der Waals surface area contributed by atoms with Crippen molar-refractivity contribution < 1.29 is 37.0 Å². The Morgan fingerprint density at radius 2 is 1.86 bits per heavy atom. The molecule has 0 aliphatic rings. The summed E-state index contributed by atoms with van der Waals surface area (Å²) >= 11 is 1.11. The summed E-state index contributed by atoms with van der Waals surface area (Å²) in [6, 6.07) is 13.7. The lowest BCUT2D eigenvalue weighted by molar-refractivity contribution is -0.705. The van der Waals surface area contributed by atoms with Gasteiger partial charge in [-0.1, -0.05) is 30.0 Å². The molecule has 3 rings (SSSR count). The molecule has 29 heavy (non-hydrogen) atoms. The van der Waals surface area contributed by atoms with Crippen LogP contribution in [0.15, 0.2) is 64.1 Å². The standard InChI is InChI=1S/C18H14F3N3O4S/c19-18(20,21)27-14-8-6-12(7-9-14)22-15(25)10-11-29-16-17(26)28-23-24(16)13-4-2-1-3-5-13/h1-9H,10-11H2,(H-,22,23,25,26). The van der Waals surface area contributed by atoms with Gasteiger partial charge in [-0.05, 0) is 28.9 Å². The molecule has 2 aromatic carbocycles. The zero-order chi connectivity index (χ0) is 20.9. The SMILES string of the molecule is O=C(CCSc1c([O-])on[n+]1-c1ccccc1)Nc1ccc(OC(F)(F)F)cc1. The minimum Gasteiger partial charge on any atom is -0.538 e. The number of halogens is 3. The van der Waals surface area contributed by atoms with Crippen LogP contribution in [0.2, 0.25) is 0 Å². The molecule has 0 bridgehead atoms. The van der Waals surface area contributed by atoms with E-state index in [2.05, 4.69) is 15.3 Å². The summed E-state index contributed by atoms with van der Waals surface area (Å²) in [4.78, 5) is 12.0. The van der Waals surface area contributed by atoms with Crippen LogP contribution in [-0.2, 0) is 4.79 Å². The largest absolute Gasteiger partial charge is 0.573 e. The Kier molecular flexibility index (Phi) is 6.27. The van der Waals surface area contributed by atoms with Gasteiger partial charge in [-0.15, -0.1) is 13.2 Å². The number of para-hydroxylation sites is 1. The number of anilines is 1. The van der Waals surface area contributed by atoms with Crippen molar-refractivity contribution in [2.75, 3.05) is 11.1 Å². The summed E-state index contributed by atoms with van der Waals surface area (Å²) < 4.78 is 46.2. The summed E-state index contributed by atoms with van der Waals surface area (Å²) in [7, 11) is 0. The molecule has 1 N–H and O–H groups in total. The second-order valence-corrected chi connectivity index (χ2v) is 6.72. The molecule has 152 valence electrons. The van der Waals surface area contributed by atoms with Crippen molar-refractivity contribution in [1.29, 1.82) is 0 Å². The highest BCUT2D eigenvalue weighted by Gasteiger charge is 2.31. The summed E-state index contributed by atoms with van der Waals surface area (Å²) in [5, 5.41) is 18.3. The number of rotatable bonds is 7. The van der Waals surface area contributed by atoms with Gasteiger partial charge in [0, 0.05) is 30.0 Å². The van der Waals surface area contributed by atoms with Crippen LogP contribution in [-0.4, -0.2) is 23.3 Å². The van der Waals surface area contributed by atoms with E-state index in [0.717, 1.165) is 23.9 Å². The lowest BCUT2D eigenvalue weighted by Gasteiger charge is -2.09. The van der Waals surface area contributed by atoms with Crippen LogP contribution < -0.4 is 19.8 Å². The fourth-order valence-corrected chi connectivity index (χ4v) is 3.19. The van der Waals surface area contributed by atoms with E-state index in [1.807, 2.05) is 6.07 Å². The van der Waals surface area contributed by atoms with Gasteiger partial charge < -0.3 is 19.7 Å². The number of hydrogen-bond donors (Lipinski definition) is 1. The summed E-state index contributed by atoms with van der Waals surface area (Å²) in [6.07, 6.45) is -4.72. The molecular formula is C18H14F3N3O4S. The van der Waals surface area contributed by atoms with Crippen molar-refractivity contribution in [2.24, 2.45) is 0 Å². The highest BCUT2D eigenvalue weighted by molar-refractivity contribution is 7.99. The normalized spacial score (nSPS) is 11.3. The van der Waals surface area contributed by atoms with Crippen LogP contribution in [0.4, 0.5) is 18.9 Å². The number of ether oxygens (including phenoxy) is 1. The zero-order valence-electron chi connectivity index (χ0n) is 14.7. The van der Waals surface area contributed by atoms with Crippen LogP contribution in [0, 0.1) is 0 Å². The van der Waals surface area contributed by atoms with Crippen molar-refractivity contribution in [3.63, 3.8) is 0 Å². The molecule has 0 radical (unpaired) electrons. The molecule has 11 heteroatoms. The molecule has 3 aromatic rings. The molecule has 1 aromatic heterocycles. The Bertz CT molecular complexity index is 963. The maximum absolute atomic E-state index is 12.1. The fourth-order valence-electron chi connectivity index (χ4n) is 2.30. The van der Waals surface area contributed by atoms with Gasteiger partial charge in [-0.2, -0.15) is 0 Å². The highest BCUT2D eigenvalue weighted by Crippen LogP contribution is 2.25. The van der Waals surface area contributed by atoms with E-state index in [9.17, 15) is 23.1 Å². The summed E-state index contributed by atoms with van der Waals surface area (Å²) in [6.45, 7) is 0. The Morgan fingerprint density at radius 3 is 2.52 bits per heavy atom. The van der Waals surface area contributed by atoms with E-state index in [4.69, 9.17) is 4.52 Å². The third kappa shape index (κ3) is 5.88. The van der Waals surface area contributed by atoms with E-state index in [1.165, 1.54) is 16.8 Å². The van der Waals surface area contributed by atoms with Crippen LogP contribution in [0.1, 0.15) is 6.42 Å². The second-order valence-electron chi connectivity index (χ2n) is 5.63. The average molecular weight is 425 g/mol. The average Bonchev–Trinajstić information content (AvgIpc) is 3.04. The highest BCUT2D eigenvalue weighted by atomic mass is 32.2. The number of carbonyl (C=O) groups excluding carboxylic acids is 1. The van der Waals surface area contributed by atoms with Crippen LogP contribution in [0.5, 0.6) is 11.7 Å². The number of benzene rings is 2. The summed E-state index contributed by atoms with van der Waals surface area (Å²) in [5.74, 6) is -1.09. The number of nitrogens with one attached hydrogen (secondary N) is 1. The molecule has 0 unspecified atom stereocenters. The van der Waals surface area contributed by atoms with Crippen molar-refractivity contribution in [2.45, 2.75) is 17.8 Å². The first-order chi connectivity index (χ1) is 13.8. The van der Waals surface area contributed by atoms with Gasteiger partial charge in [0.15, 0.2) is 5.95 Å². The van der Waals surface area contributed by atoms with Crippen molar-refractivity contribution in [3.8, 4) is 17.4 Å². The molecule has 0 aliphatic carbocycles. The first kappa shape index (κ1) is 20.5. The maximum atomic E-state index is 12.1. The van der Waals surface area contributed by atoms with Gasteiger partial charge in [0.1, 0.15) is 5.75 Å². The predicted molar refractivity (Wildman–Crippen MR) is 94.6 cm³/mol. The molecule has 0 saturated heterocycles. The van der Waals surface area contributed by atoms with E-state index < -0.39 is 12.3 Å². The zero-order valence-corrected chi connectivity index (χ0v) is 15.5. The number of thioether (sulfide) groups is 1. The quantitative estimate of drug-likeness (QED) is 0.462. The molecule has 0 atom stereocenters. The molecule has 7 nitrogen and oxygen atoms in total. The molecule has 1 amide bonds. The molecular weight excluding hydrogens is 411 g/mol. The first-order valence-corrected chi connectivity index (χ1v) is 9.23. The van der Waals surface area contributed by atoms with E-state index in [0.29, 0.717) is 11.4 Å². The van der Waals surface area contributed by atoms with E-state index >= 15 is 0 Å². The number of hydrogen-bond acceptors (Lipinski definition) is 6. The Morgan fingerprint density at radius 1 is 1.17 bits per heavy atom. The number of amides is 1. The van der Waals surface area contributed by atoms with Crippen molar-refractivity contribution in [1.82, 2.24) is 5.27 Å². The molecule has 0 spiro atoms. The van der Waals surface area contributed by atoms with Gasteiger partial charge in [-0.3, -0.25) is 4.79 Å². The van der Waals surface area contributed by atoms with Crippen molar-refractivity contribution in [3.05, 3.63) is 54.6 Å². The van der Waals surface area contributed by atoms with Gasteiger partial charge in [0.25, 0.3) is 5.03 Å². The molecule has 0 fully saturated rings. The lowest BCUT2D eigenvalue weighted by Crippen LogP contribution is -2.34. The van der Waals surface area contributed by atoms with Crippen LogP contribution in [0.25, 0.3) is 5.69 Å². The number of aromatic nitrogens is 2. The number of alkyl halides is 3. The lowest BCUT2D eigenvalue weighted by atomic mass is 10.3. The van der Waals surface area contributed by atoms with E-state index in [1.54, 1.807) is 24.3 Å². The molecule has 0 saturated carbocycles. The predicted octanol–water partition coefficient (Wildman–Crippen LogP) is 3.04. The molecule has 0 aliphatic heterocycles. The van der Waals surface area contributed by atoms with Crippen LogP contribution >= 0.6 is 11.8 Å². The van der Waals surface area contributed by atoms with Gasteiger partial charge >= 0.3 is 6.36 Å². The van der Waals surface area contributed by atoms with Crippen molar-refractivity contribution >= 4 is 23.4 Å². The number of carbonyl (C=O) groups is 1. The topological polar surface area (TPSA) is 91.3 Å². The second kappa shape index (κ2) is 8.86. The maximum Gasteiger partial charge on any atom is 0.573 e. The van der Waals surface area contributed by atoms with Crippen LogP contribution in [0.3, 0.4) is 0 Å². The first-order valence-electron chi connectivity index (χ1n) is 8.25. The summed E-state index contributed by atoms with van der Waals surface area (Å²) in [5.41, 5.74) is 0.967. The smallest absolute Gasteiger partial charge is 0.538 e. The van der Waals surface area contributed by atoms with Gasteiger partial charge in [-0.25, -0.2) is 0 Å². The minimum atomic E-state index is -4.78.